The lowest BCUT2D eigenvalue weighted by Crippen LogP contribution is -2.02. The van der Waals surface area contributed by atoms with E-state index in [1.165, 1.54) is 11.8 Å². The standard InChI is InChI=1S/C30H20O4S5.CH4O/c31-38(32)27-13-5-23(6-14-27)35-21-1-2-22(4-3-21)36-24-7-15-28(16-8-24)39(33,34)30-19-11-26(12-20-30)37-25-9-17-29(38)18-10-25;1-2/h1-20H;2H,1H3. The fourth-order valence-corrected chi connectivity index (χ4v) is 8.97. The third-order valence-corrected chi connectivity index (χ3v) is 12.7. The van der Waals surface area contributed by atoms with Gasteiger partial charge in [0.1, 0.15) is 0 Å². The molecule has 6 heterocycles. The Labute approximate surface area is 252 Å². The summed E-state index contributed by atoms with van der Waals surface area (Å²) in [5.74, 6) is 0. The van der Waals surface area contributed by atoms with E-state index in [-0.39, 0.29) is 19.6 Å². The van der Waals surface area contributed by atoms with Crippen LogP contribution in [0, 0.1) is 0 Å². The molecule has 6 aliphatic rings. The average Bonchev–Trinajstić information content (AvgIpc) is 3.00. The second-order valence-corrected chi connectivity index (χ2v) is 16.0. The van der Waals surface area contributed by atoms with Gasteiger partial charge >= 0.3 is 0 Å². The molecule has 0 unspecified atom stereocenters. The molecule has 0 saturated heterocycles. The van der Waals surface area contributed by atoms with Gasteiger partial charge in [0.2, 0.25) is 19.7 Å². The van der Waals surface area contributed by atoms with Crippen LogP contribution in [0.15, 0.2) is 170 Å². The van der Waals surface area contributed by atoms with E-state index >= 15 is 0 Å². The maximum absolute atomic E-state index is 13.2. The highest BCUT2D eigenvalue weighted by Crippen LogP contribution is 2.35. The molecule has 10 heteroatoms. The van der Waals surface area contributed by atoms with E-state index in [9.17, 15) is 16.8 Å². The molecule has 0 amide bonds. The van der Waals surface area contributed by atoms with E-state index < -0.39 is 19.7 Å². The Bertz CT molecular complexity index is 1710. The van der Waals surface area contributed by atoms with Crippen molar-refractivity contribution < 1.29 is 21.9 Å². The number of rotatable bonds is 0. The van der Waals surface area contributed by atoms with Gasteiger partial charge in [-0.3, -0.25) is 0 Å². The lowest BCUT2D eigenvalue weighted by atomic mass is 10.4. The third kappa shape index (κ3) is 6.58. The Morgan fingerprint density at radius 2 is 0.488 bits per heavy atom. The summed E-state index contributed by atoms with van der Waals surface area (Å²) in [7, 11) is -6.32. The molecule has 5 aromatic carbocycles. The molecule has 0 aliphatic carbocycles. The van der Waals surface area contributed by atoms with Crippen molar-refractivity contribution in [2.45, 2.75) is 49.0 Å². The van der Waals surface area contributed by atoms with E-state index in [1.54, 1.807) is 96.3 Å². The number of benzene rings is 5. The first-order valence-electron chi connectivity index (χ1n) is 12.3. The van der Waals surface area contributed by atoms with Crippen LogP contribution in [0.25, 0.3) is 0 Å². The molecule has 10 bridgehead atoms. The summed E-state index contributed by atoms with van der Waals surface area (Å²) in [5.41, 5.74) is 0. The van der Waals surface area contributed by atoms with Gasteiger partial charge in [0.15, 0.2) is 0 Å². The number of sulfone groups is 2. The van der Waals surface area contributed by atoms with Crippen molar-refractivity contribution >= 4 is 55.0 Å². The smallest absolute Gasteiger partial charge is 0.206 e. The van der Waals surface area contributed by atoms with Crippen LogP contribution in [-0.2, 0) is 19.7 Å². The van der Waals surface area contributed by atoms with Gasteiger partial charge in [-0.05, 0) is 121 Å². The molecule has 0 fully saturated rings. The zero-order valence-corrected chi connectivity index (χ0v) is 25.8. The van der Waals surface area contributed by atoms with E-state index in [0.29, 0.717) is 0 Å². The Morgan fingerprint density at radius 1 is 0.341 bits per heavy atom. The maximum atomic E-state index is 13.2. The second kappa shape index (κ2) is 12.5. The first kappa shape index (κ1) is 29.5. The van der Waals surface area contributed by atoms with Crippen LogP contribution >= 0.6 is 35.3 Å². The molecule has 0 spiro atoms. The van der Waals surface area contributed by atoms with Crippen LogP contribution in [0.2, 0.25) is 0 Å². The summed E-state index contributed by atoms with van der Waals surface area (Å²) in [4.78, 5) is 6.56. The molecular formula is C31H24O5S5. The minimum atomic E-state index is -3.66. The zero-order valence-electron chi connectivity index (χ0n) is 21.7. The largest absolute Gasteiger partial charge is 0.400 e. The highest BCUT2D eigenvalue weighted by molar-refractivity contribution is 8.00. The second-order valence-electron chi connectivity index (χ2n) is 8.67. The minimum absolute atomic E-state index is 0.221. The molecule has 208 valence electrons. The van der Waals surface area contributed by atoms with E-state index in [4.69, 9.17) is 5.11 Å². The summed E-state index contributed by atoms with van der Waals surface area (Å²) in [5, 5.41) is 7.00. The molecule has 0 atom stereocenters. The lowest BCUT2D eigenvalue weighted by Gasteiger charge is -2.08. The molecule has 0 saturated carbocycles. The molecule has 11 rings (SSSR count). The Hall–Kier alpha value is -2.99. The number of hydrogen-bond acceptors (Lipinski definition) is 8. The van der Waals surface area contributed by atoms with Crippen LogP contribution in [0.1, 0.15) is 0 Å². The minimum Gasteiger partial charge on any atom is -0.400 e. The summed E-state index contributed by atoms with van der Waals surface area (Å²) in [6.45, 7) is 0. The van der Waals surface area contributed by atoms with Crippen LogP contribution in [-0.4, -0.2) is 29.1 Å². The number of aliphatic hydroxyl groups excluding tert-OH is 1. The number of fused-ring (bicyclic) bond motifs is 5. The van der Waals surface area contributed by atoms with Gasteiger partial charge in [-0.15, -0.1) is 0 Å². The summed E-state index contributed by atoms with van der Waals surface area (Å²) in [6, 6.07) is 35.4. The summed E-state index contributed by atoms with van der Waals surface area (Å²) >= 11 is 4.54. The van der Waals surface area contributed by atoms with Crippen molar-refractivity contribution in [3.05, 3.63) is 121 Å². The van der Waals surface area contributed by atoms with Gasteiger partial charge in [-0.2, -0.15) is 0 Å². The topological polar surface area (TPSA) is 88.5 Å². The molecule has 0 radical (unpaired) electrons. The van der Waals surface area contributed by atoms with Gasteiger partial charge in [0.05, 0.1) is 19.6 Å². The SMILES string of the molecule is CO.O=S1(=O)c2ccc(cc2)Sc2ccc(cc2)Sc2ccc(cc2)S(=O)(=O)c2ccc(cc2)Sc2ccc1cc2. The number of aliphatic hydroxyl groups is 1. The van der Waals surface area contributed by atoms with Gasteiger partial charge in [0.25, 0.3) is 0 Å². The Morgan fingerprint density at radius 3 is 0.659 bits per heavy atom. The molecule has 5 nitrogen and oxygen atoms in total. The normalized spacial score (nSPS) is 15.1. The molecular weight excluding hydrogens is 613 g/mol. The average molecular weight is 637 g/mol. The van der Waals surface area contributed by atoms with Gasteiger partial charge in [0, 0.05) is 36.5 Å². The molecule has 41 heavy (non-hydrogen) atoms. The van der Waals surface area contributed by atoms with Crippen LogP contribution in [0.5, 0.6) is 0 Å². The summed E-state index contributed by atoms with van der Waals surface area (Å²) < 4.78 is 52.8. The van der Waals surface area contributed by atoms with E-state index in [1.807, 2.05) is 48.5 Å². The number of hydrogen-bond donors (Lipinski definition) is 1. The van der Waals surface area contributed by atoms with Crippen molar-refractivity contribution in [2.24, 2.45) is 0 Å². The Balaban J connectivity index is 0.00000165. The van der Waals surface area contributed by atoms with Crippen molar-refractivity contribution in [1.29, 1.82) is 0 Å². The van der Waals surface area contributed by atoms with Crippen LogP contribution in [0.3, 0.4) is 0 Å². The van der Waals surface area contributed by atoms with Gasteiger partial charge in [-0.25, -0.2) is 16.8 Å². The highest BCUT2D eigenvalue weighted by atomic mass is 32.2. The van der Waals surface area contributed by atoms with E-state index in [2.05, 4.69) is 0 Å². The van der Waals surface area contributed by atoms with Gasteiger partial charge < -0.3 is 5.11 Å². The predicted molar refractivity (Wildman–Crippen MR) is 164 cm³/mol. The maximum Gasteiger partial charge on any atom is 0.206 e. The van der Waals surface area contributed by atoms with Crippen molar-refractivity contribution in [1.82, 2.24) is 0 Å². The zero-order chi connectivity index (χ0) is 29.0. The molecule has 5 aromatic rings. The fraction of sp³-hybridized carbons (Fsp3) is 0.0323. The molecule has 6 aliphatic heterocycles. The van der Waals surface area contributed by atoms with Crippen molar-refractivity contribution in [2.75, 3.05) is 7.11 Å². The van der Waals surface area contributed by atoms with Crippen LogP contribution < -0.4 is 0 Å². The monoisotopic (exact) mass is 636 g/mol. The van der Waals surface area contributed by atoms with E-state index in [0.717, 1.165) is 36.5 Å². The fourth-order valence-electron chi connectivity index (χ4n) is 4.00. The Kier molecular flexibility index (Phi) is 8.98. The third-order valence-electron chi connectivity index (χ3n) is 6.07. The predicted octanol–water partition coefficient (Wildman–Crippen LogP) is 7.73. The highest BCUT2D eigenvalue weighted by Gasteiger charge is 2.19. The van der Waals surface area contributed by atoms with Gasteiger partial charge in [-0.1, -0.05) is 35.3 Å². The first-order valence-corrected chi connectivity index (χ1v) is 17.7. The lowest BCUT2D eigenvalue weighted by molar-refractivity contribution is 0.399. The van der Waals surface area contributed by atoms with Crippen molar-refractivity contribution in [3.63, 3.8) is 0 Å². The first-order chi connectivity index (χ1) is 19.8. The molecule has 0 aromatic heterocycles. The summed E-state index contributed by atoms with van der Waals surface area (Å²) in [6.07, 6.45) is 0. The van der Waals surface area contributed by atoms with Crippen molar-refractivity contribution in [3.8, 4) is 0 Å². The molecule has 1 N–H and O–H groups in total. The quantitative estimate of drug-likeness (QED) is 0.181. The van der Waals surface area contributed by atoms with Crippen LogP contribution in [0.4, 0.5) is 0 Å².